The fourth-order valence-corrected chi connectivity index (χ4v) is 3.22. The van der Waals surface area contributed by atoms with Crippen LogP contribution in [0.25, 0.3) is 0 Å². The van der Waals surface area contributed by atoms with Gasteiger partial charge in [0, 0.05) is 35.8 Å². The molecule has 1 aromatic rings. The van der Waals surface area contributed by atoms with Crippen LogP contribution in [0.2, 0.25) is 0 Å². The number of rotatable bonds is 4. The molecule has 1 unspecified atom stereocenters. The summed E-state index contributed by atoms with van der Waals surface area (Å²) in [4.78, 5) is 14.8. The van der Waals surface area contributed by atoms with Gasteiger partial charge in [0.2, 0.25) is 0 Å². The summed E-state index contributed by atoms with van der Waals surface area (Å²) in [6.07, 6.45) is 2.61. The minimum Gasteiger partial charge on any atom is -0.453 e. The van der Waals surface area contributed by atoms with Gasteiger partial charge in [-0.1, -0.05) is 6.07 Å². The van der Waals surface area contributed by atoms with Crippen molar-refractivity contribution in [2.75, 3.05) is 31.4 Å². The van der Waals surface area contributed by atoms with E-state index in [2.05, 4.69) is 39.4 Å². The number of benzene rings is 1. The van der Waals surface area contributed by atoms with Gasteiger partial charge in [-0.25, -0.2) is 4.79 Å². The summed E-state index contributed by atoms with van der Waals surface area (Å²) >= 11 is 1.71. The third kappa shape index (κ3) is 3.19. The van der Waals surface area contributed by atoms with Crippen LogP contribution in [-0.4, -0.2) is 38.6 Å². The van der Waals surface area contributed by atoms with Crippen LogP contribution in [0.5, 0.6) is 0 Å². The van der Waals surface area contributed by atoms with Crippen LogP contribution in [0.15, 0.2) is 23.1 Å². The zero-order chi connectivity index (χ0) is 14.5. The highest BCUT2D eigenvalue weighted by Crippen LogP contribution is 2.31. The number of ether oxygens (including phenoxy) is 1. The Balaban J connectivity index is 2.12. The largest absolute Gasteiger partial charge is 0.453 e. The van der Waals surface area contributed by atoms with Crippen molar-refractivity contribution in [1.29, 1.82) is 0 Å². The summed E-state index contributed by atoms with van der Waals surface area (Å²) in [6.45, 7) is 2.23. The SMILES string of the molecule is COC(=O)NC1CCN(c2cccc(SC)c2CN)C1. The van der Waals surface area contributed by atoms with E-state index >= 15 is 0 Å². The summed E-state index contributed by atoms with van der Waals surface area (Å²) in [7, 11) is 1.39. The van der Waals surface area contributed by atoms with Gasteiger partial charge in [0.05, 0.1) is 13.2 Å². The molecule has 20 heavy (non-hydrogen) atoms. The van der Waals surface area contributed by atoms with Gasteiger partial charge in [-0.2, -0.15) is 0 Å². The summed E-state index contributed by atoms with van der Waals surface area (Å²) in [6, 6.07) is 6.38. The standard InChI is InChI=1S/C14H21N3O2S/c1-19-14(18)16-10-6-7-17(9-10)12-4-3-5-13(20-2)11(12)8-15/h3-5,10H,6-9,15H2,1-2H3,(H,16,18). The average Bonchev–Trinajstić information content (AvgIpc) is 2.94. The number of carbonyl (C=O) groups is 1. The van der Waals surface area contributed by atoms with Gasteiger partial charge in [0.15, 0.2) is 0 Å². The van der Waals surface area contributed by atoms with Crippen molar-refractivity contribution in [3.8, 4) is 0 Å². The normalized spacial score (nSPS) is 18.1. The van der Waals surface area contributed by atoms with E-state index in [0.717, 1.165) is 19.5 Å². The topological polar surface area (TPSA) is 67.6 Å². The Labute approximate surface area is 123 Å². The van der Waals surface area contributed by atoms with Gasteiger partial charge in [-0.05, 0) is 24.8 Å². The second-order valence-corrected chi connectivity index (χ2v) is 5.58. The first kappa shape index (κ1) is 15.0. The number of carbonyl (C=O) groups excluding carboxylic acids is 1. The third-order valence-electron chi connectivity index (χ3n) is 3.57. The molecule has 0 spiro atoms. The molecule has 0 radical (unpaired) electrons. The number of hydrogen-bond donors (Lipinski definition) is 2. The number of alkyl carbamates (subject to hydrolysis) is 1. The highest BCUT2D eigenvalue weighted by Gasteiger charge is 2.26. The predicted molar refractivity (Wildman–Crippen MR) is 82.3 cm³/mol. The smallest absolute Gasteiger partial charge is 0.407 e. The molecule has 1 aromatic carbocycles. The molecule has 1 fully saturated rings. The summed E-state index contributed by atoms with van der Waals surface area (Å²) in [5.74, 6) is 0. The van der Waals surface area contributed by atoms with Gasteiger partial charge >= 0.3 is 6.09 Å². The number of hydrogen-bond acceptors (Lipinski definition) is 5. The molecule has 3 N–H and O–H groups in total. The minimum absolute atomic E-state index is 0.131. The molecule has 5 nitrogen and oxygen atoms in total. The van der Waals surface area contributed by atoms with Crippen molar-refractivity contribution in [3.63, 3.8) is 0 Å². The lowest BCUT2D eigenvalue weighted by Crippen LogP contribution is -2.37. The first-order chi connectivity index (χ1) is 9.69. The first-order valence-electron chi connectivity index (χ1n) is 6.65. The fraction of sp³-hybridized carbons (Fsp3) is 0.500. The van der Waals surface area contributed by atoms with Gasteiger partial charge in [-0.3, -0.25) is 0 Å². The predicted octanol–water partition coefficient (Wildman–Crippen LogP) is 1.80. The number of anilines is 1. The van der Waals surface area contributed by atoms with Crippen LogP contribution in [0.1, 0.15) is 12.0 Å². The second-order valence-electron chi connectivity index (χ2n) is 4.73. The van der Waals surface area contributed by atoms with E-state index in [1.54, 1.807) is 11.8 Å². The average molecular weight is 295 g/mol. The maximum Gasteiger partial charge on any atom is 0.407 e. The molecule has 1 aliphatic heterocycles. The maximum absolute atomic E-state index is 11.3. The van der Waals surface area contributed by atoms with E-state index in [1.807, 2.05) is 0 Å². The lowest BCUT2D eigenvalue weighted by atomic mass is 10.1. The second kappa shape index (κ2) is 6.85. The number of nitrogens with two attached hydrogens (primary N) is 1. The Morgan fingerprint density at radius 2 is 2.40 bits per heavy atom. The number of methoxy groups -OCH3 is 1. The van der Waals surface area contributed by atoms with Crippen molar-refractivity contribution < 1.29 is 9.53 Å². The van der Waals surface area contributed by atoms with Gasteiger partial charge in [0.1, 0.15) is 0 Å². The van der Waals surface area contributed by atoms with Crippen molar-refractivity contribution in [2.45, 2.75) is 23.9 Å². The zero-order valence-corrected chi connectivity index (χ0v) is 12.7. The molecule has 1 heterocycles. The monoisotopic (exact) mass is 295 g/mol. The first-order valence-corrected chi connectivity index (χ1v) is 7.87. The van der Waals surface area contributed by atoms with E-state index in [-0.39, 0.29) is 12.1 Å². The van der Waals surface area contributed by atoms with Crippen LogP contribution in [0.3, 0.4) is 0 Å². The number of nitrogens with zero attached hydrogens (tertiary/aromatic N) is 1. The summed E-state index contributed by atoms with van der Waals surface area (Å²) in [5.41, 5.74) is 8.26. The van der Waals surface area contributed by atoms with Crippen molar-refractivity contribution >= 4 is 23.5 Å². The Kier molecular flexibility index (Phi) is 5.14. The Morgan fingerprint density at radius 1 is 1.60 bits per heavy atom. The quantitative estimate of drug-likeness (QED) is 0.829. The fourth-order valence-electron chi connectivity index (χ4n) is 2.57. The van der Waals surface area contributed by atoms with Gasteiger partial charge in [-0.15, -0.1) is 11.8 Å². The van der Waals surface area contributed by atoms with E-state index in [0.29, 0.717) is 6.54 Å². The molecule has 0 saturated carbocycles. The van der Waals surface area contributed by atoms with Crippen LogP contribution < -0.4 is 16.0 Å². The van der Waals surface area contributed by atoms with Crippen molar-refractivity contribution in [1.82, 2.24) is 5.32 Å². The van der Waals surface area contributed by atoms with Crippen LogP contribution in [-0.2, 0) is 11.3 Å². The van der Waals surface area contributed by atoms with Crippen LogP contribution >= 0.6 is 11.8 Å². The zero-order valence-electron chi connectivity index (χ0n) is 11.9. The third-order valence-corrected chi connectivity index (χ3v) is 4.39. The number of thioether (sulfide) groups is 1. The van der Waals surface area contributed by atoms with E-state index in [1.165, 1.54) is 23.3 Å². The Hall–Kier alpha value is -1.40. The number of nitrogens with one attached hydrogen (secondary N) is 1. The summed E-state index contributed by atoms with van der Waals surface area (Å²) in [5, 5.41) is 2.86. The lowest BCUT2D eigenvalue weighted by Gasteiger charge is -2.23. The molecule has 0 aliphatic carbocycles. The van der Waals surface area contributed by atoms with Gasteiger partial charge < -0.3 is 20.7 Å². The molecule has 1 saturated heterocycles. The van der Waals surface area contributed by atoms with Crippen LogP contribution in [0.4, 0.5) is 10.5 Å². The number of amides is 1. The molecule has 110 valence electrons. The van der Waals surface area contributed by atoms with Crippen molar-refractivity contribution in [2.24, 2.45) is 5.73 Å². The lowest BCUT2D eigenvalue weighted by molar-refractivity contribution is 0.167. The molecule has 6 heteroatoms. The molecule has 2 rings (SSSR count). The summed E-state index contributed by atoms with van der Waals surface area (Å²) < 4.78 is 4.64. The molecule has 1 aliphatic rings. The Morgan fingerprint density at radius 3 is 3.05 bits per heavy atom. The Bertz CT molecular complexity index is 481. The van der Waals surface area contributed by atoms with Crippen LogP contribution in [0, 0.1) is 0 Å². The van der Waals surface area contributed by atoms with Crippen molar-refractivity contribution in [3.05, 3.63) is 23.8 Å². The molecular weight excluding hydrogens is 274 g/mol. The van der Waals surface area contributed by atoms with E-state index < -0.39 is 0 Å². The molecule has 0 bridgehead atoms. The van der Waals surface area contributed by atoms with Gasteiger partial charge in [0.25, 0.3) is 0 Å². The molecule has 1 amide bonds. The maximum atomic E-state index is 11.3. The van der Waals surface area contributed by atoms with E-state index in [9.17, 15) is 4.79 Å². The molecular formula is C14H21N3O2S. The highest BCUT2D eigenvalue weighted by atomic mass is 32.2. The van der Waals surface area contributed by atoms with E-state index in [4.69, 9.17) is 5.73 Å². The minimum atomic E-state index is -0.367. The molecule has 1 atom stereocenters. The molecule has 0 aromatic heterocycles. The highest BCUT2D eigenvalue weighted by molar-refractivity contribution is 7.98.